The highest BCUT2D eigenvalue weighted by Gasteiger charge is 2.37. The van der Waals surface area contributed by atoms with E-state index in [1.807, 2.05) is 37.3 Å². The molecule has 0 saturated carbocycles. The van der Waals surface area contributed by atoms with E-state index in [9.17, 15) is 19.8 Å². The van der Waals surface area contributed by atoms with Gasteiger partial charge in [0.1, 0.15) is 5.75 Å². The standard InChI is InChI=1S/C27H28O5/c1-3-19-4-6-20(7-5-19)8-11-22(16-21-9-12-23(28)13-10-21)24(17-25(29)30)27(2)14-15-32-26(31)18-27/h4-13,16-17,28H,3,14-15,18H2,1-2H3,(H,29,30). The maximum absolute atomic E-state index is 12.1. The summed E-state index contributed by atoms with van der Waals surface area (Å²) in [5.41, 5.74) is 3.61. The normalized spacial score (nSPS) is 19.8. The minimum atomic E-state index is -1.07. The molecule has 1 aliphatic heterocycles. The second-order valence-corrected chi connectivity index (χ2v) is 8.22. The Labute approximate surface area is 188 Å². The van der Waals surface area contributed by atoms with Crippen LogP contribution >= 0.6 is 0 Å². The topological polar surface area (TPSA) is 83.8 Å². The number of cyclic esters (lactones) is 1. The van der Waals surface area contributed by atoms with Crippen LogP contribution in [-0.2, 0) is 20.7 Å². The van der Waals surface area contributed by atoms with Crippen molar-refractivity contribution < 1.29 is 24.5 Å². The Hall–Kier alpha value is -3.60. The summed E-state index contributed by atoms with van der Waals surface area (Å²) in [5.74, 6) is -1.26. The smallest absolute Gasteiger partial charge is 0.328 e. The minimum Gasteiger partial charge on any atom is -0.508 e. The highest BCUT2D eigenvalue weighted by molar-refractivity contribution is 5.85. The molecule has 1 heterocycles. The van der Waals surface area contributed by atoms with Gasteiger partial charge in [0.25, 0.3) is 0 Å². The summed E-state index contributed by atoms with van der Waals surface area (Å²) in [6.07, 6.45) is 8.48. The molecule has 1 unspecified atom stereocenters. The summed E-state index contributed by atoms with van der Waals surface area (Å²) in [5, 5.41) is 19.2. The third-order valence-electron chi connectivity index (χ3n) is 5.74. The van der Waals surface area contributed by atoms with Crippen LogP contribution in [0.3, 0.4) is 0 Å². The summed E-state index contributed by atoms with van der Waals surface area (Å²) in [7, 11) is 0. The number of esters is 1. The molecular formula is C27H28O5. The van der Waals surface area contributed by atoms with Gasteiger partial charge in [-0.3, -0.25) is 4.79 Å². The van der Waals surface area contributed by atoms with Gasteiger partial charge < -0.3 is 14.9 Å². The molecule has 0 aliphatic carbocycles. The molecule has 0 amide bonds. The van der Waals surface area contributed by atoms with Gasteiger partial charge in [0.2, 0.25) is 0 Å². The molecule has 2 aromatic rings. The first-order valence-electron chi connectivity index (χ1n) is 10.7. The summed E-state index contributed by atoms with van der Waals surface area (Å²) in [6, 6.07) is 14.9. The van der Waals surface area contributed by atoms with Gasteiger partial charge in [-0.2, -0.15) is 0 Å². The van der Waals surface area contributed by atoms with Crippen LogP contribution in [0.15, 0.2) is 71.8 Å². The number of allylic oxidation sites excluding steroid dienone is 3. The van der Waals surface area contributed by atoms with Crippen LogP contribution in [0.25, 0.3) is 12.2 Å². The van der Waals surface area contributed by atoms with E-state index in [1.54, 1.807) is 24.3 Å². The highest BCUT2D eigenvalue weighted by atomic mass is 16.5. The SMILES string of the molecule is CCc1ccc(C=CC(=Cc2ccc(O)cc2)C(=CC(=O)O)C2(C)CCOC(=O)C2)cc1. The molecule has 0 radical (unpaired) electrons. The zero-order chi connectivity index (χ0) is 23.1. The second-order valence-electron chi connectivity index (χ2n) is 8.22. The maximum Gasteiger partial charge on any atom is 0.328 e. The molecule has 1 atom stereocenters. The van der Waals surface area contributed by atoms with E-state index < -0.39 is 11.4 Å². The van der Waals surface area contributed by atoms with Crippen LogP contribution in [0.4, 0.5) is 0 Å². The van der Waals surface area contributed by atoms with Crippen molar-refractivity contribution in [3.63, 3.8) is 0 Å². The van der Waals surface area contributed by atoms with E-state index in [2.05, 4.69) is 19.1 Å². The molecule has 5 nitrogen and oxygen atoms in total. The molecule has 1 saturated heterocycles. The van der Waals surface area contributed by atoms with Crippen LogP contribution < -0.4 is 0 Å². The minimum absolute atomic E-state index is 0.109. The number of benzene rings is 2. The number of rotatable bonds is 7. The van der Waals surface area contributed by atoms with Crippen LogP contribution in [-0.4, -0.2) is 28.8 Å². The lowest BCUT2D eigenvalue weighted by molar-refractivity contribution is -0.151. The van der Waals surface area contributed by atoms with Crippen LogP contribution in [0.2, 0.25) is 0 Å². The lowest BCUT2D eigenvalue weighted by Gasteiger charge is -2.35. The summed E-state index contributed by atoms with van der Waals surface area (Å²) in [6.45, 7) is 4.25. The molecule has 5 heteroatoms. The van der Waals surface area contributed by atoms with Crippen molar-refractivity contribution in [3.8, 4) is 5.75 Å². The van der Waals surface area contributed by atoms with Crippen LogP contribution in [0.1, 0.15) is 43.4 Å². The second kappa shape index (κ2) is 10.1. The van der Waals surface area contributed by atoms with Gasteiger partial charge in [-0.25, -0.2) is 4.79 Å². The number of phenols is 1. The van der Waals surface area contributed by atoms with E-state index in [0.29, 0.717) is 17.6 Å². The monoisotopic (exact) mass is 432 g/mol. The van der Waals surface area contributed by atoms with E-state index in [1.165, 1.54) is 11.6 Å². The Morgan fingerprint density at radius 2 is 1.75 bits per heavy atom. The van der Waals surface area contributed by atoms with E-state index in [4.69, 9.17) is 4.74 Å². The molecule has 0 bridgehead atoms. The quantitative estimate of drug-likeness (QED) is 0.347. The number of ether oxygens (including phenoxy) is 1. The first-order chi connectivity index (χ1) is 15.3. The number of carboxylic acid groups (broad SMARTS) is 1. The number of aromatic hydroxyl groups is 1. The van der Waals surface area contributed by atoms with Crippen molar-refractivity contribution in [2.24, 2.45) is 5.41 Å². The number of carboxylic acids is 1. The molecule has 2 N–H and O–H groups in total. The van der Waals surface area contributed by atoms with Crippen molar-refractivity contribution in [3.05, 3.63) is 88.5 Å². The van der Waals surface area contributed by atoms with Gasteiger partial charge in [0.15, 0.2) is 0 Å². The lowest BCUT2D eigenvalue weighted by Crippen LogP contribution is -2.32. The fourth-order valence-electron chi connectivity index (χ4n) is 3.82. The zero-order valence-electron chi connectivity index (χ0n) is 18.4. The van der Waals surface area contributed by atoms with Crippen molar-refractivity contribution >= 4 is 24.1 Å². The van der Waals surface area contributed by atoms with Crippen molar-refractivity contribution in [1.82, 2.24) is 0 Å². The van der Waals surface area contributed by atoms with E-state index >= 15 is 0 Å². The van der Waals surface area contributed by atoms with Gasteiger partial charge >= 0.3 is 11.9 Å². The predicted molar refractivity (Wildman–Crippen MR) is 125 cm³/mol. The summed E-state index contributed by atoms with van der Waals surface area (Å²) < 4.78 is 5.11. The Balaban J connectivity index is 2.09. The lowest BCUT2D eigenvalue weighted by atomic mass is 9.72. The molecule has 0 spiro atoms. The fraction of sp³-hybridized carbons (Fsp3) is 0.259. The van der Waals surface area contributed by atoms with E-state index in [0.717, 1.165) is 17.5 Å². The Morgan fingerprint density at radius 3 is 2.34 bits per heavy atom. The van der Waals surface area contributed by atoms with Gasteiger partial charge in [0, 0.05) is 11.5 Å². The van der Waals surface area contributed by atoms with Crippen LogP contribution in [0.5, 0.6) is 5.75 Å². The average Bonchev–Trinajstić information content (AvgIpc) is 2.76. The number of phenolic OH excluding ortho intramolecular Hbond substituents is 1. The number of carbonyl (C=O) groups excluding carboxylic acids is 1. The van der Waals surface area contributed by atoms with Crippen molar-refractivity contribution in [2.75, 3.05) is 6.61 Å². The predicted octanol–water partition coefficient (Wildman–Crippen LogP) is 5.41. The number of aliphatic carboxylic acids is 1. The van der Waals surface area contributed by atoms with E-state index in [-0.39, 0.29) is 24.7 Å². The molecule has 2 aromatic carbocycles. The van der Waals surface area contributed by atoms with Crippen molar-refractivity contribution in [2.45, 2.75) is 33.1 Å². The Bertz CT molecular complexity index is 1060. The first-order valence-corrected chi connectivity index (χ1v) is 10.7. The average molecular weight is 433 g/mol. The van der Waals surface area contributed by atoms with Crippen molar-refractivity contribution in [1.29, 1.82) is 0 Å². The fourth-order valence-corrected chi connectivity index (χ4v) is 3.82. The molecule has 0 aromatic heterocycles. The van der Waals surface area contributed by atoms with Gasteiger partial charge in [-0.05, 0) is 58.9 Å². The highest BCUT2D eigenvalue weighted by Crippen LogP contribution is 2.42. The Kier molecular flexibility index (Phi) is 7.31. The van der Waals surface area contributed by atoms with Gasteiger partial charge in [0.05, 0.1) is 13.0 Å². The number of hydrogen-bond acceptors (Lipinski definition) is 4. The number of carbonyl (C=O) groups is 2. The first kappa shape index (κ1) is 23.1. The number of aryl methyl sites for hydroxylation is 1. The van der Waals surface area contributed by atoms with Gasteiger partial charge in [-0.1, -0.05) is 62.4 Å². The third kappa shape index (κ3) is 5.97. The van der Waals surface area contributed by atoms with Crippen LogP contribution in [0, 0.1) is 5.41 Å². The molecule has 166 valence electrons. The largest absolute Gasteiger partial charge is 0.508 e. The molecule has 3 rings (SSSR count). The third-order valence-corrected chi connectivity index (χ3v) is 5.74. The zero-order valence-corrected chi connectivity index (χ0v) is 18.4. The summed E-state index contributed by atoms with van der Waals surface area (Å²) in [4.78, 5) is 23.8. The summed E-state index contributed by atoms with van der Waals surface area (Å²) >= 11 is 0. The Morgan fingerprint density at radius 1 is 1.09 bits per heavy atom. The number of hydrogen-bond donors (Lipinski definition) is 2. The maximum atomic E-state index is 12.1. The molecular weight excluding hydrogens is 404 g/mol. The van der Waals surface area contributed by atoms with Gasteiger partial charge in [-0.15, -0.1) is 0 Å². The molecule has 32 heavy (non-hydrogen) atoms. The molecule has 1 fully saturated rings. The molecule has 1 aliphatic rings.